The summed E-state index contributed by atoms with van der Waals surface area (Å²) in [6, 6.07) is 4.24. The molecule has 0 spiro atoms. The second kappa shape index (κ2) is 4.25. The highest BCUT2D eigenvalue weighted by atomic mass is 32.2. The first-order chi connectivity index (χ1) is 8.29. The van der Waals surface area contributed by atoms with Crippen molar-refractivity contribution in [1.82, 2.24) is 0 Å². The van der Waals surface area contributed by atoms with Crippen molar-refractivity contribution in [2.75, 3.05) is 11.4 Å². The minimum absolute atomic E-state index is 0.0364. The number of hydrogen-bond donors (Lipinski definition) is 1. The molecule has 0 fully saturated rings. The van der Waals surface area contributed by atoms with Crippen LogP contribution in [0, 0.1) is 0 Å². The van der Waals surface area contributed by atoms with E-state index in [1.165, 1.54) is 30.0 Å². The lowest BCUT2D eigenvalue weighted by atomic mass is 10.2. The summed E-state index contributed by atoms with van der Waals surface area (Å²) in [4.78, 5) is 13.0. The molecule has 2 N–H and O–H groups in total. The van der Waals surface area contributed by atoms with E-state index in [0.29, 0.717) is 18.0 Å². The number of anilines is 1. The molecule has 1 atom stereocenters. The summed E-state index contributed by atoms with van der Waals surface area (Å²) in [5, 5.41) is 5.07. The van der Waals surface area contributed by atoms with Crippen LogP contribution in [-0.4, -0.2) is 27.0 Å². The smallest absolute Gasteiger partial charge is 0.238 e. The molecule has 1 aliphatic heterocycles. The Kier molecular flexibility index (Phi) is 3.04. The molecule has 0 radical (unpaired) electrons. The normalized spacial score (nSPS) is 19.1. The van der Waals surface area contributed by atoms with Crippen molar-refractivity contribution >= 4 is 21.6 Å². The molecular formula is C11H14N2O4S. The Bertz CT molecular complexity index is 597. The number of nitrogens with two attached hydrogens (primary N) is 1. The first-order valence-corrected chi connectivity index (χ1v) is 6.95. The topological polar surface area (TPSA) is 89.7 Å². The van der Waals surface area contributed by atoms with Crippen LogP contribution in [0.4, 0.5) is 5.69 Å². The SMILES string of the molecule is CC(=O)N1CC(C)Oc2ccc(S(N)(=O)=O)cc21. The van der Waals surface area contributed by atoms with E-state index in [0.717, 1.165) is 0 Å². The summed E-state index contributed by atoms with van der Waals surface area (Å²) in [6.07, 6.45) is -0.137. The first kappa shape index (κ1) is 12.8. The highest BCUT2D eigenvalue weighted by molar-refractivity contribution is 7.89. The fourth-order valence-corrected chi connectivity index (χ4v) is 2.43. The largest absolute Gasteiger partial charge is 0.487 e. The van der Waals surface area contributed by atoms with Gasteiger partial charge in [-0.3, -0.25) is 4.79 Å². The zero-order valence-electron chi connectivity index (χ0n) is 10.1. The number of ether oxygens (including phenoxy) is 1. The van der Waals surface area contributed by atoms with Crippen molar-refractivity contribution in [2.45, 2.75) is 24.8 Å². The van der Waals surface area contributed by atoms with E-state index in [1.807, 2.05) is 6.92 Å². The van der Waals surface area contributed by atoms with Gasteiger partial charge in [0.15, 0.2) is 0 Å². The number of rotatable bonds is 1. The summed E-state index contributed by atoms with van der Waals surface area (Å²) >= 11 is 0. The van der Waals surface area contributed by atoms with Crippen molar-refractivity contribution < 1.29 is 17.9 Å². The standard InChI is InChI=1S/C11H14N2O4S/c1-7-6-13(8(2)14)10-5-9(18(12,15)16)3-4-11(10)17-7/h3-5,7H,6H2,1-2H3,(H2,12,15,16). The van der Waals surface area contributed by atoms with Gasteiger partial charge in [0, 0.05) is 6.92 Å². The van der Waals surface area contributed by atoms with Crippen molar-refractivity contribution in [3.8, 4) is 5.75 Å². The maximum Gasteiger partial charge on any atom is 0.238 e. The molecule has 7 heteroatoms. The lowest BCUT2D eigenvalue weighted by Crippen LogP contribution is -2.41. The zero-order chi connectivity index (χ0) is 13.5. The minimum Gasteiger partial charge on any atom is -0.487 e. The summed E-state index contributed by atoms with van der Waals surface area (Å²) in [6.45, 7) is 3.65. The van der Waals surface area contributed by atoms with Crippen LogP contribution in [0.25, 0.3) is 0 Å². The van der Waals surface area contributed by atoms with Gasteiger partial charge in [-0.05, 0) is 25.1 Å². The number of hydrogen-bond acceptors (Lipinski definition) is 4. The van der Waals surface area contributed by atoms with Gasteiger partial charge in [-0.1, -0.05) is 0 Å². The van der Waals surface area contributed by atoms with E-state index < -0.39 is 10.0 Å². The predicted molar refractivity (Wildman–Crippen MR) is 65.9 cm³/mol. The van der Waals surface area contributed by atoms with E-state index in [9.17, 15) is 13.2 Å². The number of carbonyl (C=O) groups is 1. The third-order valence-electron chi connectivity index (χ3n) is 2.70. The van der Waals surface area contributed by atoms with Crippen LogP contribution >= 0.6 is 0 Å². The Hall–Kier alpha value is -1.60. The van der Waals surface area contributed by atoms with E-state index in [4.69, 9.17) is 9.88 Å². The van der Waals surface area contributed by atoms with Gasteiger partial charge in [0.1, 0.15) is 11.9 Å². The number of fused-ring (bicyclic) bond motifs is 1. The van der Waals surface area contributed by atoms with Gasteiger partial charge >= 0.3 is 0 Å². The average Bonchev–Trinajstić information content (AvgIpc) is 2.25. The Labute approximate surface area is 105 Å². The van der Waals surface area contributed by atoms with Crippen molar-refractivity contribution in [3.05, 3.63) is 18.2 Å². The minimum atomic E-state index is -3.79. The second-order valence-electron chi connectivity index (χ2n) is 4.23. The molecule has 1 aliphatic rings. The van der Waals surface area contributed by atoms with Crippen LogP contribution in [0.2, 0.25) is 0 Å². The molecule has 1 heterocycles. The highest BCUT2D eigenvalue weighted by Gasteiger charge is 2.27. The maximum absolute atomic E-state index is 11.6. The van der Waals surface area contributed by atoms with Crippen molar-refractivity contribution in [3.63, 3.8) is 0 Å². The van der Waals surface area contributed by atoms with Gasteiger partial charge in [0.2, 0.25) is 15.9 Å². The third-order valence-corrected chi connectivity index (χ3v) is 3.61. The summed E-state index contributed by atoms with van der Waals surface area (Å²) in [5.74, 6) is 0.314. The number of amides is 1. The molecule has 0 saturated carbocycles. The summed E-state index contributed by atoms with van der Waals surface area (Å²) in [5.41, 5.74) is 0.437. The number of primary sulfonamides is 1. The lowest BCUT2D eigenvalue weighted by molar-refractivity contribution is -0.117. The number of sulfonamides is 1. The Morgan fingerprint density at radius 1 is 1.50 bits per heavy atom. The van der Waals surface area contributed by atoms with Crippen molar-refractivity contribution in [1.29, 1.82) is 0 Å². The van der Waals surface area contributed by atoms with Gasteiger partial charge in [-0.25, -0.2) is 13.6 Å². The number of benzene rings is 1. The summed E-state index contributed by atoms with van der Waals surface area (Å²) < 4.78 is 28.1. The lowest BCUT2D eigenvalue weighted by Gasteiger charge is -2.33. The van der Waals surface area contributed by atoms with E-state index in [2.05, 4.69) is 0 Å². The Balaban J connectivity index is 2.56. The molecule has 0 saturated heterocycles. The van der Waals surface area contributed by atoms with Crippen LogP contribution in [0.3, 0.4) is 0 Å². The molecule has 1 amide bonds. The summed E-state index contributed by atoms with van der Waals surface area (Å²) in [7, 11) is -3.79. The first-order valence-electron chi connectivity index (χ1n) is 5.40. The van der Waals surface area contributed by atoms with Crippen LogP contribution < -0.4 is 14.8 Å². The fourth-order valence-electron chi connectivity index (χ4n) is 1.89. The number of carbonyl (C=O) groups excluding carboxylic acids is 1. The zero-order valence-corrected chi connectivity index (χ0v) is 10.9. The fraction of sp³-hybridized carbons (Fsp3) is 0.364. The molecular weight excluding hydrogens is 256 g/mol. The van der Waals surface area contributed by atoms with Crippen molar-refractivity contribution in [2.24, 2.45) is 5.14 Å². The molecule has 0 bridgehead atoms. The van der Waals surface area contributed by atoms with E-state index >= 15 is 0 Å². The molecule has 6 nitrogen and oxygen atoms in total. The van der Waals surface area contributed by atoms with Gasteiger partial charge in [0.05, 0.1) is 17.1 Å². The quantitative estimate of drug-likeness (QED) is 0.803. The second-order valence-corrected chi connectivity index (χ2v) is 5.79. The molecule has 18 heavy (non-hydrogen) atoms. The molecule has 1 unspecified atom stereocenters. The van der Waals surface area contributed by atoms with Gasteiger partial charge < -0.3 is 9.64 Å². The van der Waals surface area contributed by atoms with Gasteiger partial charge in [0.25, 0.3) is 0 Å². The third kappa shape index (κ3) is 2.32. The molecule has 1 aromatic carbocycles. The van der Waals surface area contributed by atoms with Crippen LogP contribution in [0.15, 0.2) is 23.1 Å². The van der Waals surface area contributed by atoms with Crippen LogP contribution in [0.1, 0.15) is 13.8 Å². The van der Waals surface area contributed by atoms with Crippen LogP contribution in [-0.2, 0) is 14.8 Å². The molecule has 0 aliphatic carbocycles. The van der Waals surface area contributed by atoms with Gasteiger partial charge in [-0.15, -0.1) is 0 Å². The Morgan fingerprint density at radius 2 is 2.17 bits per heavy atom. The average molecular weight is 270 g/mol. The highest BCUT2D eigenvalue weighted by Crippen LogP contribution is 2.35. The van der Waals surface area contributed by atoms with E-state index in [-0.39, 0.29) is 16.9 Å². The monoisotopic (exact) mass is 270 g/mol. The molecule has 0 aromatic heterocycles. The van der Waals surface area contributed by atoms with E-state index in [1.54, 1.807) is 0 Å². The number of nitrogens with zero attached hydrogens (tertiary/aromatic N) is 1. The van der Waals surface area contributed by atoms with Gasteiger partial charge in [-0.2, -0.15) is 0 Å². The van der Waals surface area contributed by atoms with Crippen LogP contribution in [0.5, 0.6) is 5.75 Å². The predicted octanol–water partition coefficient (Wildman–Crippen LogP) is 0.468. The Morgan fingerprint density at radius 3 is 2.72 bits per heavy atom. The molecule has 1 aromatic rings. The molecule has 98 valence electrons. The maximum atomic E-state index is 11.6. The molecule has 2 rings (SSSR count).